The zero-order chi connectivity index (χ0) is 45.4. The summed E-state index contributed by atoms with van der Waals surface area (Å²) in [4.78, 5) is 0.773. The van der Waals surface area contributed by atoms with Gasteiger partial charge < -0.3 is 0 Å². The lowest BCUT2D eigenvalue weighted by Crippen LogP contribution is -2.20. The van der Waals surface area contributed by atoms with Crippen molar-refractivity contribution >= 4 is 31.4 Å². The average molecular weight is 885 g/mol. The normalized spacial score (nSPS) is 19.3. The third-order valence-electron chi connectivity index (χ3n) is 12.2. The SMILES string of the molecule is C/C=C(\C)CC(/C=C(C)/C=C/C1=C(C)CCCC1(C)C)S(=O)(=O)c1ccccc1.CCSC/C=C(\C)CC(/C=C(C)/C=C/C1=C(C)CCCC1(C)C)S(=O)(=O)c1ccccc1. The molecule has 0 fully saturated rings. The molecule has 4 rings (SSSR count). The molecule has 334 valence electrons. The van der Waals surface area contributed by atoms with Crippen LogP contribution in [0.15, 0.2) is 164 Å². The Morgan fingerprint density at radius 2 is 1.05 bits per heavy atom. The molecule has 0 N–H and O–H groups in total. The van der Waals surface area contributed by atoms with Crippen LogP contribution in [0.5, 0.6) is 0 Å². The summed E-state index contributed by atoms with van der Waals surface area (Å²) in [7, 11) is -6.91. The molecule has 7 heteroatoms. The van der Waals surface area contributed by atoms with Gasteiger partial charge in [-0.1, -0.05) is 153 Å². The summed E-state index contributed by atoms with van der Waals surface area (Å²) in [5, 5.41) is -1.15. The van der Waals surface area contributed by atoms with Gasteiger partial charge in [-0.05, 0) is 152 Å². The molecule has 0 spiro atoms. The molecule has 0 aliphatic heterocycles. The summed E-state index contributed by atoms with van der Waals surface area (Å²) >= 11 is 1.85. The Morgan fingerprint density at radius 1 is 0.656 bits per heavy atom. The van der Waals surface area contributed by atoms with E-state index in [1.165, 1.54) is 48.0 Å². The monoisotopic (exact) mass is 884 g/mol. The number of benzene rings is 2. The molecule has 4 nitrogen and oxygen atoms in total. The number of rotatable bonds is 17. The molecule has 0 amide bonds. The first kappa shape index (κ1) is 52.0. The van der Waals surface area contributed by atoms with E-state index in [2.05, 4.69) is 78.8 Å². The van der Waals surface area contributed by atoms with E-state index in [-0.39, 0.29) is 10.8 Å². The number of thioether (sulfide) groups is 1. The molecule has 0 heterocycles. The minimum Gasteiger partial charge on any atom is -0.223 e. The molecule has 2 atom stereocenters. The van der Waals surface area contributed by atoms with Gasteiger partial charge >= 0.3 is 0 Å². The van der Waals surface area contributed by atoms with Crippen LogP contribution in [0.2, 0.25) is 0 Å². The molecule has 0 bridgehead atoms. The van der Waals surface area contributed by atoms with Gasteiger partial charge in [0.25, 0.3) is 0 Å². The number of hydrogen-bond donors (Lipinski definition) is 0. The molecule has 2 aromatic rings. The fraction of sp³-hybridized carbons (Fsp3) is 0.481. The van der Waals surface area contributed by atoms with E-state index < -0.39 is 30.2 Å². The quantitative estimate of drug-likeness (QED) is 0.0899. The Balaban J connectivity index is 0.000000327. The molecule has 0 radical (unpaired) electrons. The lowest BCUT2D eigenvalue weighted by Gasteiger charge is -2.33. The standard InChI is InChI=1S/C28H40O2S2.C26H36O2S/c1-7-31-19-17-23(3)21-26(32(29,30)25-13-9-8-10-14-25)20-22(2)15-16-27-24(4)12-11-18-28(27,5)6;1-7-20(2)18-24(29(27,28)23-13-9-8-10-14-23)19-21(3)15-16-25-22(4)12-11-17-26(25,5)6/h8-10,13-17,20,26H,7,11-12,18-19,21H2,1-6H3;7-10,13-16,19,24H,11-12,17-18H2,1-6H3/b16-15+,22-20+,23-17+;16-15+,20-7+,21-19+. The van der Waals surface area contributed by atoms with E-state index in [4.69, 9.17) is 0 Å². The third-order valence-corrected chi connectivity index (χ3v) is 17.1. The zero-order valence-corrected chi connectivity index (χ0v) is 41.9. The summed E-state index contributed by atoms with van der Waals surface area (Å²) < 4.78 is 53.5. The van der Waals surface area contributed by atoms with E-state index in [0.717, 1.165) is 46.6 Å². The highest BCUT2D eigenvalue weighted by molar-refractivity contribution is 7.99. The maximum Gasteiger partial charge on any atom is 0.185 e. The maximum absolute atomic E-state index is 13.5. The predicted molar refractivity (Wildman–Crippen MR) is 267 cm³/mol. The van der Waals surface area contributed by atoms with Gasteiger partial charge in [-0.25, -0.2) is 16.8 Å². The first-order chi connectivity index (χ1) is 28.6. The van der Waals surface area contributed by atoms with Crippen molar-refractivity contribution in [2.45, 2.75) is 155 Å². The van der Waals surface area contributed by atoms with Gasteiger partial charge in [0, 0.05) is 5.75 Å². The van der Waals surface area contributed by atoms with Crippen LogP contribution in [0.3, 0.4) is 0 Å². The maximum atomic E-state index is 13.5. The van der Waals surface area contributed by atoms with Gasteiger partial charge in [-0.15, -0.1) is 0 Å². The van der Waals surface area contributed by atoms with Gasteiger partial charge in [-0.2, -0.15) is 11.8 Å². The van der Waals surface area contributed by atoms with Gasteiger partial charge in [0.15, 0.2) is 19.7 Å². The average Bonchev–Trinajstić information content (AvgIpc) is 3.20. The van der Waals surface area contributed by atoms with Crippen molar-refractivity contribution in [2.24, 2.45) is 10.8 Å². The van der Waals surface area contributed by atoms with Crippen LogP contribution in [0.1, 0.15) is 134 Å². The number of hydrogen-bond acceptors (Lipinski definition) is 5. The first-order valence-electron chi connectivity index (χ1n) is 22.2. The second-order valence-electron chi connectivity index (χ2n) is 18.4. The lowest BCUT2D eigenvalue weighted by molar-refractivity contribution is 0.376. The van der Waals surface area contributed by atoms with Crippen molar-refractivity contribution in [3.63, 3.8) is 0 Å². The highest BCUT2D eigenvalue weighted by atomic mass is 32.2. The van der Waals surface area contributed by atoms with E-state index >= 15 is 0 Å². The van der Waals surface area contributed by atoms with Crippen LogP contribution < -0.4 is 0 Å². The molecule has 0 aromatic heterocycles. The Morgan fingerprint density at radius 3 is 1.41 bits per heavy atom. The van der Waals surface area contributed by atoms with Crippen LogP contribution in [0.4, 0.5) is 0 Å². The Hall–Kier alpha value is -3.39. The Labute approximate surface area is 377 Å². The molecule has 2 aliphatic carbocycles. The van der Waals surface area contributed by atoms with Gasteiger partial charge in [0.1, 0.15) is 0 Å². The van der Waals surface area contributed by atoms with Crippen LogP contribution in [0.25, 0.3) is 0 Å². The van der Waals surface area contributed by atoms with Crippen molar-refractivity contribution in [1.29, 1.82) is 0 Å². The highest BCUT2D eigenvalue weighted by Crippen LogP contribution is 2.42. The molecular formula is C54H76O4S3. The largest absolute Gasteiger partial charge is 0.223 e. The van der Waals surface area contributed by atoms with E-state index in [1.807, 2.05) is 76.7 Å². The second kappa shape index (κ2) is 23.9. The van der Waals surface area contributed by atoms with Crippen molar-refractivity contribution in [1.82, 2.24) is 0 Å². The van der Waals surface area contributed by atoms with Crippen molar-refractivity contribution < 1.29 is 16.8 Å². The minimum absolute atomic E-state index is 0.172. The lowest BCUT2D eigenvalue weighted by atomic mass is 9.72. The molecule has 2 aromatic carbocycles. The summed E-state index contributed by atoms with van der Waals surface area (Å²) in [6.07, 6.45) is 24.8. The van der Waals surface area contributed by atoms with Gasteiger partial charge in [-0.3, -0.25) is 0 Å². The topological polar surface area (TPSA) is 68.3 Å². The third kappa shape index (κ3) is 15.7. The van der Waals surface area contributed by atoms with Crippen LogP contribution in [0, 0.1) is 10.8 Å². The van der Waals surface area contributed by atoms with Crippen LogP contribution in [-0.2, 0) is 19.7 Å². The van der Waals surface area contributed by atoms with Gasteiger partial charge in [0.05, 0.1) is 20.3 Å². The van der Waals surface area contributed by atoms with E-state index in [1.54, 1.807) is 48.5 Å². The zero-order valence-electron chi connectivity index (χ0n) is 39.5. The van der Waals surface area contributed by atoms with E-state index in [0.29, 0.717) is 22.6 Å². The fourth-order valence-corrected chi connectivity index (χ4v) is 12.6. The summed E-state index contributed by atoms with van der Waals surface area (Å²) in [5.74, 6) is 1.98. The minimum atomic E-state index is -3.47. The summed E-state index contributed by atoms with van der Waals surface area (Å²) in [5.41, 5.74) is 10.2. The molecule has 2 unspecified atom stereocenters. The number of allylic oxidation sites excluding steroid dienone is 13. The van der Waals surface area contributed by atoms with Crippen molar-refractivity contribution in [3.05, 3.63) is 154 Å². The highest BCUT2D eigenvalue weighted by Gasteiger charge is 2.29. The Bertz CT molecular complexity index is 2220. The van der Waals surface area contributed by atoms with Crippen LogP contribution >= 0.6 is 11.8 Å². The molecule has 0 saturated carbocycles. The van der Waals surface area contributed by atoms with E-state index in [9.17, 15) is 16.8 Å². The molecule has 2 aliphatic rings. The molecule has 0 saturated heterocycles. The van der Waals surface area contributed by atoms with Crippen molar-refractivity contribution in [2.75, 3.05) is 11.5 Å². The Kier molecular flexibility index (Phi) is 20.3. The smallest absolute Gasteiger partial charge is 0.185 e. The molecular weight excluding hydrogens is 809 g/mol. The summed E-state index contributed by atoms with van der Waals surface area (Å²) in [6.45, 7) is 25.8. The molecule has 61 heavy (non-hydrogen) atoms. The van der Waals surface area contributed by atoms with Gasteiger partial charge in [0.2, 0.25) is 0 Å². The summed E-state index contributed by atoms with van der Waals surface area (Å²) in [6, 6.07) is 17.6. The predicted octanol–water partition coefficient (Wildman–Crippen LogP) is 15.2. The first-order valence-corrected chi connectivity index (χ1v) is 26.5. The fourth-order valence-electron chi connectivity index (χ4n) is 8.39. The second-order valence-corrected chi connectivity index (χ2v) is 24.0. The van der Waals surface area contributed by atoms with Crippen LogP contribution in [-0.4, -0.2) is 38.8 Å². The number of sulfone groups is 2. The van der Waals surface area contributed by atoms with Crippen molar-refractivity contribution in [3.8, 4) is 0 Å².